The number of aromatic nitrogens is 1. The number of oxazole rings is 1. The molecule has 1 saturated carbocycles. The highest BCUT2D eigenvalue weighted by Gasteiger charge is 2.42. The highest BCUT2D eigenvalue weighted by Crippen LogP contribution is 2.45. The van der Waals surface area contributed by atoms with Crippen LogP contribution in [0.25, 0.3) is 11.1 Å². The van der Waals surface area contributed by atoms with Gasteiger partial charge in [0.25, 0.3) is 0 Å². The summed E-state index contributed by atoms with van der Waals surface area (Å²) in [5, 5.41) is 9.34. The Labute approximate surface area is 113 Å². The zero-order valence-electron chi connectivity index (χ0n) is 11.3. The zero-order valence-corrected chi connectivity index (χ0v) is 11.3. The van der Waals surface area contributed by atoms with E-state index in [1.54, 1.807) is 0 Å². The van der Waals surface area contributed by atoms with Gasteiger partial charge in [-0.3, -0.25) is 0 Å². The molecule has 0 radical (unpaired) electrons. The second kappa shape index (κ2) is 4.94. The van der Waals surface area contributed by atoms with Gasteiger partial charge in [-0.25, -0.2) is 4.98 Å². The first-order valence-corrected chi connectivity index (χ1v) is 6.82. The Morgan fingerprint density at radius 1 is 1.42 bits per heavy atom. The molecule has 0 saturated heterocycles. The normalized spacial score (nSPS) is 17.2. The minimum atomic E-state index is 0.198. The maximum atomic E-state index is 9.34. The largest absolute Gasteiger partial charge is 0.443 e. The van der Waals surface area contributed by atoms with Crippen LogP contribution in [0.3, 0.4) is 0 Å². The Kier molecular flexibility index (Phi) is 3.29. The molecule has 0 atom stereocenters. The molecule has 1 heterocycles. The Morgan fingerprint density at radius 2 is 2.26 bits per heavy atom. The molecule has 1 aromatic heterocycles. The van der Waals surface area contributed by atoms with Gasteiger partial charge in [0.05, 0.1) is 0 Å². The fraction of sp³-hybridized carbons (Fsp3) is 0.533. The van der Waals surface area contributed by atoms with E-state index < -0.39 is 0 Å². The Bertz CT molecular complexity index is 560. The van der Waals surface area contributed by atoms with Crippen molar-refractivity contribution in [3.63, 3.8) is 0 Å². The summed E-state index contributed by atoms with van der Waals surface area (Å²) in [6.07, 6.45) is 4.81. The Hall–Kier alpha value is -1.39. The fourth-order valence-corrected chi connectivity index (χ4v) is 2.57. The van der Waals surface area contributed by atoms with E-state index in [1.807, 2.05) is 6.07 Å². The third-order valence-electron chi connectivity index (χ3n) is 4.08. The summed E-state index contributed by atoms with van der Waals surface area (Å²) in [5.74, 6) is 0. The summed E-state index contributed by atoms with van der Waals surface area (Å²) in [7, 11) is 2.13. The predicted octanol–water partition coefficient (Wildman–Crippen LogP) is 2.07. The maximum absolute atomic E-state index is 9.34. The molecule has 1 aromatic carbocycles. The summed E-state index contributed by atoms with van der Waals surface area (Å²) in [4.78, 5) is 6.43. The van der Waals surface area contributed by atoms with E-state index in [4.69, 9.17) is 4.42 Å². The van der Waals surface area contributed by atoms with Gasteiger partial charge in [0.15, 0.2) is 12.0 Å². The van der Waals surface area contributed by atoms with E-state index in [9.17, 15) is 5.11 Å². The summed E-state index contributed by atoms with van der Waals surface area (Å²) in [6, 6.07) is 6.18. The average molecular weight is 260 g/mol. The van der Waals surface area contributed by atoms with Crippen LogP contribution in [0.15, 0.2) is 29.0 Å². The number of hydrogen-bond acceptors (Lipinski definition) is 4. The first-order valence-electron chi connectivity index (χ1n) is 6.82. The fourth-order valence-electron chi connectivity index (χ4n) is 2.57. The predicted molar refractivity (Wildman–Crippen MR) is 74.0 cm³/mol. The van der Waals surface area contributed by atoms with Crippen LogP contribution in [-0.2, 0) is 6.42 Å². The number of nitrogens with zero attached hydrogens (tertiary/aromatic N) is 2. The van der Waals surface area contributed by atoms with Crippen LogP contribution in [-0.4, -0.2) is 41.7 Å². The van der Waals surface area contributed by atoms with E-state index in [-0.39, 0.29) is 5.41 Å². The van der Waals surface area contributed by atoms with Gasteiger partial charge in [-0.15, -0.1) is 0 Å². The van der Waals surface area contributed by atoms with Crippen LogP contribution in [0, 0.1) is 5.41 Å². The Balaban J connectivity index is 1.56. The molecule has 2 aromatic rings. The number of hydrogen-bond donors (Lipinski definition) is 1. The molecule has 0 amide bonds. The van der Waals surface area contributed by atoms with Gasteiger partial charge in [-0.2, -0.15) is 0 Å². The molecule has 1 N–H and O–H groups in total. The number of fused-ring (bicyclic) bond motifs is 1. The topological polar surface area (TPSA) is 49.5 Å². The number of aliphatic hydroxyl groups excluding tert-OH is 1. The van der Waals surface area contributed by atoms with Gasteiger partial charge in [-0.05, 0) is 44.0 Å². The SMILES string of the molecule is CN(CCc1ccc2ncoc2c1)CC1(CO)CC1. The molecular formula is C15H20N2O2. The lowest BCUT2D eigenvalue weighted by molar-refractivity contribution is 0.165. The second-order valence-corrected chi connectivity index (χ2v) is 5.80. The van der Waals surface area contributed by atoms with Crippen molar-refractivity contribution in [3.8, 4) is 0 Å². The van der Waals surface area contributed by atoms with E-state index in [0.29, 0.717) is 6.61 Å². The minimum absolute atomic E-state index is 0.198. The molecule has 0 aliphatic heterocycles. The second-order valence-electron chi connectivity index (χ2n) is 5.80. The molecule has 0 spiro atoms. The van der Waals surface area contributed by atoms with Crippen LogP contribution >= 0.6 is 0 Å². The molecule has 1 fully saturated rings. The molecule has 102 valence electrons. The zero-order chi connectivity index (χ0) is 13.3. The standard InChI is InChI=1S/C15H20N2O2/c1-17(9-15(10-18)5-6-15)7-4-12-2-3-13-14(8-12)19-11-16-13/h2-3,8,11,18H,4-7,9-10H2,1H3. The molecule has 1 aliphatic rings. The van der Waals surface area contributed by atoms with Crippen LogP contribution in [0.2, 0.25) is 0 Å². The average Bonchev–Trinajstić information content (AvgIpc) is 3.03. The van der Waals surface area contributed by atoms with E-state index in [2.05, 4.69) is 29.1 Å². The highest BCUT2D eigenvalue weighted by molar-refractivity contribution is 5.72. The number of rotatable bonds is 6. The summed E-state index contributed by atoms with van der Waals surface area (Å²) in [5.41, 5.74) is 3.23. The van der Waals surface area contributed by atoms with Crippen molar-refractivity contribution in [2.75, 3.05) is 26.7 Å². The maximum Gasteiger partial charge on any atom is 0.181 e. The number of benzene rings is 1. The molecule has 1 aliphatic carbocycles. The van der Waals surface area contributed by atoms with Crippen LogP contribution in [0.5, 0.6) is 0 Å². The van der Waals surface area contributed by atoms with Crippen molar-refractivity contribution >= 4 is 11.1 Å². The third-order valence-corrected chi connectivity index (χ3v) is 4.08. The van der Waals surface area contributed by atoms with Gasteiger partial charge >= 0.3 is 0 Å². The minimum Gasteiger partial charge on any atom is -0.443 e. The summed E-state index contributed by atoms with van der Waals surface area (Å²) >= 11 is 0. The van der Waals surface area contributed by atoms with Crippen LogP contribution in [0.1, 0.15) is 18.4 Å². The van der Waals surface area contributed by atoms with Crippen molar-refractivity contribution in [1.29, 1.82) is 0 Å². The van der Waals surface area contributed by atoms with E-state index in [1.165, 1.54) is 12.0 Å². The smallest absolute Gasteiger partial charge is 0.181 e. The van der Waals surface area contributed by atoms with Crippen LogP contribution in [0.4, 0.5) is 0 Å². The highest BCUT2D eigenvalue weighted by atomic mass is 16.3. The lowest BCUT2D eigenvalue weighted by Gasteiger charge is -2.22. The van der Waals surface area contributed by atoms with E-state index >= 15 is 0 Å². The van der Waals surface area contributed by atoms with Gasteiger partial charge < -0.3 is 14.4 Å². The van der Waals surface area contributed by atoms with E-state index in [0.717, 1.165) is 43.5 Å². The first-order chi connectivity index (χ1) is 9.21. The van der Waals surface area contributed by atoms with Gasteiger partial charge in [-0.1, -0.05) is 6.07 Å². The molecule has 3 rings (SSSR count). The third kappa shape index (κ3) is 2.80. The Morgan fingerprint density at radius 3 is 3.00 bits per heavy atom. The van der Waals surface area contributed by atoms with Crippen LogP contribution < -0.4 is 0 Å². The molecular weight excluding hydrogens is 240 g/mol. The number of aliphatic hydroxyl groups is 1. The summed E-state index contributed by atoms with van der Waals surface area (Å²) < 4.78 is 5.32. The van der Waals surface area contributed by atoms with Crippen molar-refractivity contribution in [2.24, 2.45) is 5.41 Å². The van der Waals surface area contributed by atoms with Crippen molar-refractivity contribution in [3.05, 3.63) is 30.2 Å². The van der Waals surface area contributed by atoms with Crippen molar-refractivity contribution < 1.29 is 9.52 Å². The monoisotopic (exact) mass is 260 g/mol. The number of likely N-dealkylation sites (N-methyl/N-ethyl adjacent to an activating group) is 1. The molecule has 0 unspecified atom stereocenters. The summed E-state index contributed by atoms with van der Waals surface area (Å²) in [6.45, 7) is 2.32. The lowest BCUT2D eigenvalue weighted by atomic mass is 10.1. The first kappa shape index (κ1) is 12.6. The quantitative estimate of drug-likeness (QED) is 0.864. The lowest BCUT2D eigenvalue weighted by Crippen LogP contribution is -2.30. The molecule has 19 heavy (non-hydrogen) atoms. The van der Waals surface area contributed by atoms with Gasteiger partial charge in [0.1, 0.15) is 5.52 Å². The molecule has 4 heteroatoms. The van der Waals surface area contributed by atoms with Crippen molar-refractivity contribution in [2.45, 2.75) is 19.3 Å². The molecule has 4 nitrogen and oxygen atoms in total. The van der Waals surface area contributed by atoms with Gasteiger partial charge in [0, 0.05) is 25.1 Å². The molecule has 0 bridgehead atoms. The van der Waals surface area contributed by atoms with Crippen molar-refractivity contribution in [1.82, 2.24) is 9.88 Å². The van der Waals surface area contributed by atoms with Gasteiger partial charge in [0.2, 0.25) is 0 Å².